The van der Waals surface area contributed by atoms with Crippen molar-refractivity contribution in [1.29, 1.82) is 0 Å². The Hall–Kier alpha value is -1.21. The van der Waals surface area contributed by atoms with Gasteiger partial charge in [-0.25, -0.2) is 13.2 Å². The van der Waals surface area contributed by atoms with Crippen LogP contribution in [-0.4, -0.2) is 23.6 Å². The van der Waals surface area contributed by atoms with E-state index in [0.717, 1.165) is 0 Å². The summed E-state index contributed by atoms with van der Waals surface area (Å²) in [6.07, 6.45) is 0. The molecular formula is C10H9F3N2OS. The molecule has 17 heavy (non-hydrogen) atoms. The highest BCUT2D eigenvalue weighted by atomic mass is 32.2. The molecule has 7 heteroatoms. The number of amides is 1. The van der Waals surface area contributed by atoms with Crippen molar-refractivity contribution in [2.75, 3.05) is 16.9 Å². The molecule has 1 atom stereocenters. The molecule has 1 amide bonds. The highest BCUT2D eigenvalue weighted by Gasteiger charge is 2.23. The van der Waals surface area contributed by atoms with Gasteiger partial charge in [0.1, 0.15) is 5.82 Å². The molecule has 1 aromatic carbocycles. The zero-order valence-electron chi connectivity index (χ0n) is 8.60. The first-order valence-corrected chi connectivity index (χ1v) is 6.00. The number of hydrogen-bond acceptors (Lipinski definition) is 3. The van der Waals surface area contributed by atoms with Crippen molar-refractivity contribution in [2.24, 2.45) is 0 Å². The SMILES string of the molecule is O=C(Nc1cc(F)c(F)cc1F)C1CSCN1. The topological polar surface area (TPSA) is 41.1 Å². The molecule has 1 aromatic rings. The first-order valence-electron chi connectivity index (χ1n) is 4.84. The molecule has 1 saturated heterocycles. The van der Waals surface area contributed by atoms with Crippen LogP contribution in [0.1, 0.15) is 0 Å². The largest absolute Gasteiger partial charge is 0.322 e. The fourth-order valence-corrected chi connectivity index (χ4v) is 2.34. The third kappa shape index (κ3) is 2.73. The van der Waals surface area contributed by atoms with Gasteiger partial charge >= 0.3 is 0 Å². The summed E-state index contributed by atoms with van der Waals surface area (Å²) in [5, 5.41) is 5.11. The minimum Gasteiger partial charge on any atom is -0.322 e. The average molecular weight is 262 g/mol. The van der Waals surface area contributed by atoms with E-state index < -0.39 is 29.4 Å². The molecule has 2 rings (SSSR count). The summed E-state index contributed by atoms with van der Waals surface area (Å²) in [7, 11) is 0. The molecule has 1 heterocycles. The van der Waals surface area contributed by atoms with E-state index in [9.17, 15) is 18.0 Å². The zero-order chi connectivity index (χ0) is 12.4. The standard InChI is InChI=1S/C10H9F3N2OS/c11-5-1-7(13)8(2-6(5)12)15-10(16)9-3-17-4-14-9/h1-2,9,14H,3-4H2,(H,15,16). The minimum absolute atomic E-state index is 0.354. The molecule has 1 fully saturated rings. The van der Waals surface area contributed by atoms with Gasteiger partial charge in [-0.15, -0.1) is 11.8 Å². The molecule has 0 saturated carbocycles. The zero-order valence-corrected chi connectivity index (χ0v) is 9.41. The van der Waals surface area contributed by atoms with E-state index in [0.29, 0.717) is 23.8 Å². The number of anilines is 1. The summed E-state index contributed by atoms with van der Waals surface area (Å²) in [5.41, 5.74) is -0.354. The van der Waals surface area contributed by atoms with E-state index in [1.807, 2.05) is 0 Å². The Kier molecular flexibility index (Phi) is 3.58. The van der Waals surface area contributed by atoms with Crippen molar-refractivity contribution in [3.63, 3.8) is 0 Å². The molecule has 0 radical (unpaired) electrons. The van der Waals surface area contributed by atoms with Crippen LogP contribution in [0.25, 0.3) is 0 Å². The van der Waals surface area contributed by atoms with Gasteiger partial charge in [-0.1, -0.05) is 0 Å². The van der Waals surface area contributed by atoms with E-state index in [1.54, 1.807) is 0 Å². The first kappa shape index (κ1) is 12.3. The summed E-state index contributed by atoms with van der Waals surface area (Å²) in [6.45, 7) is 0. The summed E-state index contributed by atoms with van der Waals surface area (Å²) >= 11 is 1.53. The third-order valence-electron chi connectivity index (χ3n) is 2.30. The van der Waals surface area contributed by atoms with Crippen molar-refractivity contribution >= 4 is 23.4 Å². The van der Waals surface area contributed by atoms with Crippen molar-refractivity contribution in [3.8, 4) is 0 Å². The second kappa shape index (κ2) is 4.97. The molecule has 0 spiro atoms. The predicted octanol–water partition coefficient (Wildman–Crippen LogP) is 1.70. The lowest BCUT2D eigenvalue weighted by Crippen LogP contribution is -2.37. The van der Waals surface area contributed by atoms with E-state index in [1.165, 1.54) is 11.8 Å². The summed E-state index contributed by atoms with van der Waals surface area (Å²) in [5.74, 6) is -2.73. The van der Waals surface area contributed by atoms with Crippen LogP contribution in [0, 0.1) is 17.5 Å². The Balaban J connectivity index is 2.12. The lowest BCUT2D eigenvalue weighted by atomic mass is 10.2. The summed E-state index contributed by atoms with van der Waals surface area (Å²) in [6, 6.07) is 0.597. The molecule has 3 nitrogen and oxygen atoms in total. The number of nitrogens with one attached hydrogen (secondary N) is 2. The number of benzene rings is 1. The molecular weight excluding hydrogens is 253 g/mol. The van der Waals surface area contributed by atoms with Crippen LogP contribution >= 0.6 is 11.8 Å². The maximum Gasteiger partial charge on any atom is 0.242 e. The molecule has 0 aliphatic carbocycles. The number of thioether (sulfide) groups is 1. The molecule has 2 N–H and O–H groups in total. The molecule has 1 aliphatic rings. The van der Waals surface area contributed by atoms with Crippen LogP contribution in [0.5, 0.6) is 0 Å². The smallest absolute Gasteiger partial charge is 0.242 e. The maximum absolute atomic E-state index is 13.2. The van der Waals surface area contributed by atoms with Crippen LogP contribution in [0.2, 0.25) is 0 Å². The molecule has 1 unspecified atom stereocenters. The van der Waals surface area contributed by atoms with Gasteiger partial charge in [-0.2, -0.15) is 0 Å². The Labute approximate surface area is 99.8 Å². The van der Waals surface area contributed by atoms with Gasteiger partial charge in [0, 0.05) is 23.8 Å². The Morgan fingerprint density at radius 2 is 2.00 bits per heavy atom. The predicted molar refractivity (Wildman–Crippen MR) is 59.2 cm³/mol. The van der Waals surface area contributed by atoms with Gasteiger partial charge in [-0.3, -0.25) is 10.1 Å². The van der Waals surface area contributed by atoms with E-state index in [-0.39, 0.29) is 5.69 Å². The Bertz CT molecular complexity index is 449. The number of halogens is 3. The molecule has 0 aromatic heterocycles. The third-order valence-corrected chi connectivity index (χ3v) is 3.24. The minimum atomic E-state index is -1.28. The van der Waals surface area contributed by atoms with Crippen LogP contribution < -0.4 is 10.6 Å². The molecule has 1 aliphatic heterocycles. The molecule has 0 bridgehead atoms. The fourth-order valence-electron chi connectivity index (χ4n) is 1.40. The van der Waals surface area contributed by atoms with Crippen LogP contribution in [0.15, 0.2) is 12.1 Å². The highest BCUT2D eigenvalue weighted by Crippen LogP contribution is 2.19. The van der Waals surface area contributed by atoms with E-state index in [4.69, 9.17) is 0 Å². The van der Waals surface area contributed by atoms with E-state index >= 15 is 0 Å². The van der Waals surface area contributed by atoms with E-state index in [2.05, 4.69) is 10.6 Å². The van der Waals surface area contributed by atoms with Crippen LogP contribution in [0.4, 0.5) is 18.9 Å². The number of hydrogen-bond donors (Lipinski definition) is 2. The maximum atomic E-state index is 13.2. The monoisotopic (exact) mass is 262 g/mol. The lowest BCUT2D eigenvalue weighted by molar-refractivity contribution is -0.117. The highest BCUT2D eigenvalue weighted by molar-refractivity contribution is 7.99. The fraction of sp³-hybridized carbons (Fsp3) is 0.300. The quantitative estimate of drug-likeness (QED) is 0.797. The van der Waals surface area contributed by atoms with Gasteiger partial charge in [0.2, 0.25) is 5.91 Å². The van der Waals surface area contributed by atoms with Crippen molar-refractivity contribution < 1.29 is 18.0 Å². The van der Waals surface area contributed by atoms with Crippen LogP contribution in [0.3, 0.4) is 0 Å². The average Bonchev–Trinajstić information content (AvgIpc) is 2.79. The second-order valence-electron chi connectivity index (χ2n) is 3.51. The molecule has 92 valence electrons. The first-order chi connectivity index (χ1) is 8.08. The van der Waals surface area contributed by atoms with Gasteiger partial charge < -0.3 is 5.32 Å². The lowest BCUT2D eigenvalue weighted by Gasteiger charge is -2.11. The van der Waals surface area contributed by atoms with Gasteiger partial charge in [0.15, 0.2) is 11.6 Å². The van der Waals surface area contributed by atoms with Gasteiger partial charge in [0.25, 0.3) is 0 Å². The van der Waals surface area contributed by atoms with Gasteiger partial charge in [0.05, 0.1) is 11.7 Å². The van der Waals surface area contributed by atoms with Crippen molar-refractivity contribution in [3.05, 3.63) is 29.6 Å². The number of carbonyl (C=O) groups excluding carboxylic acids is 1. The summed E-state index contributed by atoms with van der Waals surface area (Å²) < 4.78 is 38.8. The van der Waals surface area contributed by atoms with Crippen LogP contribution in [-0.2, 0) is 4.79 Å². The summed E-state index contributed by atoms with van der Waals surface area (Å²) in [4.78, 5) is 11.6. The van der Waals surface area contributed by atoms with Crippen molar-refractivity contribution in [1.82, 2.24) is 5.32 Å². The van der Waals surface area contributed by atoms with Crippen molar-refractivity contribution in [2.45, 2.75) is 6.04 Å². The normalized spacial score (nSPS) is 19.4. The Morgan fingerprint density at radius 1 is 1.29 bits per heavy atom. The second-order valence-corrected chi connectivity index (χ2v) is 4.54. The Morgan fingerprint density at radius 3 is 2.65 bits per heavy atom. The number of rotatable bonds is 2. The van der Waals surface area contributed by atoms with Gasteiger partial charge in [-0.05, 0) is 0 Å². The number of carbonyl (C=O) groups is 1.